The van der Waals surface area contributed by atoms with Crippen LogP contribution in [-0.2, 0) is 9.84 Å². The van der Waals surface area contributed by atoms with Gasteiger partial charge in [-0.05, 0) is 28.1 Å². The fraction of sp³-hybridized carbons (Fsp3) is 0.222. The highest BCUT2D eigenvalue weighted by atomic mass is 79.9. The van der Waals surface area contributed by atoms with Gasteiger partial charge in [0.1, 0.15) is 0 Å². The number of halogens is 1. The van der Waals surface area contributed by atoms with Crippen molar-refractivity contribution in [3.63, 3.8) is 0 Å². The van der Waals surface area contributed by atoms with E-state index in [1.54, 1.807) is 0 Å². The van der Waals surface area contributed by atoms with Crippen molar-refractivity contribution in [3.8, 4) is 0 Å². The van der Waals surface area contributed by atoms with Crippen molar-refractivity contribution < 1.29 is 17.6 Å². The highest BCUT2D eigenvalue weighted by Crippen LogP contribution is 2.18. The average Bonchev–Trinajstić information content (AvgIpc) is 2.72. The molecule has 0 aliphatic carbocycles. The molecule has 16 heavy (non-hydrogen) atoms. The molecule has 0 aromatic carbocycles. The van der Waals surface area contributed by atoms with Crippen LogP contribution in [0.5, 0.6) is 0 Å². The van der Waals surface area contributed by atoms with Crippen molar-refractivity contribution in [3.05, 3.63) is 34.0 Å². The quantitative estimate of drug-likeness (QED) is 0.887. The smallest absolute Gasteiger partial charge is 0.256 e. The third-order valence-electron chi connectivity index (χ3n) is 2.11. The standard InChI is InChI=1S/C9H8BrNO4S/c10-8-7(1-3-15-8)9(12)11-6-2-4-16(13,14)5-6/h1-4,6H,5H2,(H,11,12). The third-order valence-corrected chi connectivity index (χ3v) is 4.12. The lowest BCUT2D eigenvalue weighted by Gasteiger charge is -2.08. The number of carbonyl (C=O) groups excluding carboxylic acids is 1. The van der Waals surface area contributed by atoms with Gasteiger partial charge in [-0.1, -0.05) is 0 Å². The third kappa shape index (κ3) is 2.35. The summed E-state index contributed by atoms with van der Waals surface area (Å²) in [6, 6.07) is 1.03. The minimum absolute atomic E-state index is 0.0891. The predicted octanol–water partition coefficient (Wildman–Crippen LogP) is 1.08. The Labute approximate surface area is 101 Å². The van der Waals surface area contributed by atoms with Crippen molar-refractivity contribution >= 4 is 31.7 Å². The number of furan rings is 1. The van der Waals surface area contributed by atoms with Crippen molar-refractivity contribution in [1.29, 1.82) is 0 Å². The zero-order chi connectivity index (χ0) is 11.8. The van der Waals surface area contributed by atoms with E-state index in [1.165, 1.54) is 18.4 Å². The summed E-state index contributed by atoms with van der Waals surface area (Å²) in [5.41, 5.74) is 0.345. The van der Waals surface area contributed by atoms with Gasteiger partial charge in [0.05, 0.1) is 23.6 Å². The van der Waals surface area contributed by atoms with Crippen molar-refractivity contribution in [2.24, 2.45) is 0 Å². The van der Waals surface area contributed by atoms with E-state index in [-0.39, 0.29) is 11.7 Å². The monoisotopic (exact) mass is 305 g/mol. The molecule has 2 heterocycles. The largest absolute Gasteiger partial charge is 0.457 e. The van der Waals surface area contributed by atoms with E-state index in [1.807, 2.05) is 0 Å². The molecule has 1 unspecified atom stereocenters. The molecule has 1 aliphatic heterocycles. The first-order valence-electron chi connectivity index (χ1n) is 4.43. The van der Waals surface area contributed by atoms with Gasteiger partial charge in [0.2, 0.25) is 0 Å². The first-order valence-corrected chi connectivity index (χ1v) is 6.93. The molecule has 1 aromatic rings. The lowest BCUT2D eigenvalue weighted by atomic mass is 10.3. The number of hydrogen-bond donors (Lipinski definition) is 1. The molecule has 1 aromatic heterocycles. The Balaban J connectivity index is 2.05. The molecule has 1 atom stereocenters. The summed E-state index contributed by atoms with van der Waals surface area (Å²) >= 11 is 3.07. The number of carbonyl (C=O) groups is 1. The summed E-state index contributed by atoms with van der Waals surface area (Å²) in [6.07, 6.45) is 2.83. The van der Waals surface area contributed by atoms with E-state index < -0.39 is 15.9 Å². The van der Waals surface area contributed by atoms with Crippen LogP contribution in [0.25, 0.3) is 0 Å². The summed E-state index contributed by atoms with van der Waals surface area (Å²) in [5.74, 6) is -0.457. The number of amides is 1. The summed E-state index contributed by atoms with van der Waals surface area (Å²) < 4.78 is 27.5. The Morgan fingerprint density at radius 1 is 1.56 bits per heavy atom. The molecular weight excluding hydrogens is 298 g/mol. The Hall–Kier alpha value is -1.08. The van der Waals surface area contributed by atoms with Gasteiger partial charge in [-0.25, -0.2) is 8.42 Å². The van der Waals surface area contributed by atoms with Gasteiger partial charge >= 0.3 is 0 Å². The first-order chi connectivity index (χ1) is 7.48. The molecule has 0 saturated carbocycles. The Morgan fingerprint density at radius 3 is 2.81 bits per heavy atom. The van der Waals surface area contributed by atoms with Crippen LogP contribution in [0.15, 0.2) is 32.9 Å². The van der Waals surface area contributed by atoms with Crippen LogP contribution in [0.1, 0.15) is 10.4 Å². The SMILES string of the molecule is O=C(NC1C=CS(=O)(=O)C1)c1ccoc1Br. The zero-order valence-electron chi connectivity index (χ0n) is 8.01. The van der Waals surface area contributed by atoms with E-state index in [2.05, 4.69) is 21.2 Å². The van der Waals surface area contributed by atoms with Crippen molar-refractivity contribution in [2.45, 2.75) is 6.04 Å². The van der Waals surface area contributed by atoms with Crippen LogP contribution in [-0.4, -0.2) is 26.1 Å². The summed E-state index contributed by atoms with van der Waals surface area (Å²) in [6.45, 7) is 0. The maximum atomic E-state index is 11.7. The van der Waals surface area contributed by atoms with E-state index in [0.29, 0.717) is 10.2 Å². The van der Waals surface area contributed by atoms with E-state index >= 15 is 0 Å². The summed E-state index contributed by atoms with van der Waals surface area (Å²) in [4.78, 5) is 11.7. The molecule has 5 nitrogen and oxygen atoms in total. The van der Waals surface area contributed by atoms with Crippen molar-refractivity contribution in [1.82, 2.24) is 5.32 Å². The minimum atomic E-state index is -3.15. The molecule has 7 heteroatoms. The fourth-order valence-corrected chi connectivity index (χ4v) is 3.02. The number of nitrogens with one attached hydrogen (secondary N) is 1. The van der Waals surface area contributed by atoms with Crippen LogP contribution in [0.4, 0.5) is 0 Å². The zero-order valence-corrected chi connectivity index (χ0v) is 10.4. The van der Waals surface area contributed by atoms with Gasteiger partial charge in [-0.2, -0.15) is 0 Å². The van der Waals surface area contributed by atoms with Gasteiger partial charge in [0, 0.05) is 5.41 Å². The highest BCUT2D eigenvalue weighted by Gasteiger charge is 2.24. The fourth-order valence-electron chi connectivity index (χ4n) is 1.37. The topological polar surface area (TPSA) is 76.4 Å². The molecular formula is C9H8BrNO4S. The molecule has 0 saturated heterocycles. The molecule has 1 N–H and O–H groups in total. The second-order valence-electron chi connectivity index (χ2n) is 3.35. The van der Waals surface area contributed by atoms with Gasteiger partial charge in [0.15, 0.2) is 14.5 Å². The van der Waals surface area contributed by atoms with Crippen LogP contribution in [0.3, 0.4) is 0 Å². The van der Waals surface area contributed by atoms with Crippen LogP contribution in [0, 0.1) is 0 Å². The normalized spacial score (nSPS) is 22.2. The van der Waals surface area contributed by atoms with Gasteiger partial charge in [-0.3, -0.25) is 4.79 Å². The number of rotatable bonds is 2. The Morgan fingerprint density at radius 2 is 2.31 bits per heavy atom. The summed E-state index contributed by atoms with van der Waals surface area (Å²) in [5, 5.41) is 3.70. The Bertz CT molecular complexity index is 546. The number of hydrogen-bond acceptors (Lipinski definition) is 4. The molecule has 0 radical (unpaired) electrons. The van der Waals surface area contributed by atoms with E-state index in [4.69, 9.17) is 4.42 Å². The van der Waals surface area contributed by atoms with Crippen molar-refractivity contribution in [2.75, 3.05) is 5.75 Å². The second-order valence-corrected chi connectivity index (χ2v) is 6.00. The summed E-state index contributed by atoms with van der Waals surface area (Å²) in [7, 11) is -3.15. The van der Waals surface area contributed by atoms with Crippen LogP contribution in [0.2, 0.25) is 0 Å². The molecule has 1 aliphatic rings. The highest BCUT2D eigenvalue weighted by molar-refractivity contribution is 9.10. The number of sulfone groups is 1. The second kappa shape index (κ2) is 4.06. The minimum Gasteiger partial charge on any atom is -0.457 e. The lowest BCUT2D eigenvalue weighted by Crippen LogP contribution is -2.35. The molecule has 2 rings (SSSR count). The van der Waals surface area contributed by atoms with Gasteiger partial charge < -0.3 is 9.73 Å². The first kappa shape index (κ1) is 11.4. The maximum Gasteiger partial charge on any atom is 0.256 e. The molecule has 86 valence electrons. The molecule has 0 spiro atoms. The van der Waals surface area contributed by atoms with E-state index in [9.17, 15) is 13.2 Å². The van der Waals surface area contributed by atoms with Gasteiger partial charge in [-0.15, -0.1) is 0 Å². The van der Waals surface area contributed by atoms with Gasteiger partial charge in [0.25, 0.3) is 5.91 Å². The lowest BCUT2D eigenvalue weighted by molar-refractivity contribution is 0.0946. The molecule has 0 fully saturated rings. The van der Waals surface area contributed by atoms with E-state index in [0.717, 1.165) is 5.41 Å². The van der Waals surface area contributed by atoms with Crippen LogP contribution < -0.4 is 5.32 Å². The van der Waals surface area contributed by atoms with Crippen LogP contribution >= 0.6 is 15.9 Å². The Kier molecular flexibility index (Phi) is 2.90. The maximum absolute atomic E-state index is 11.7. The average molecular weight is 306 g/mol. The molecule has 1 amide bonds. The predicted molar refractivity (Wildman–Crippen MR) is 60.6 cm³/mol. The molecule has 0 bridgehead atoms.